The van der Waals surface area contributed by atoms with Gasteiger partial charge in [0.2, 0.25) is 0 Å². The van der Waals surface area contributed by atoms with E-state index in [0.717, 1.165) is 57.8 Å². The number of Topliss-reactive ketones (excluding diaryl/α,β-unsaturated/α-hetero) is 1. The van der Waals surface area contributed by atoms with E-state index in [2.05, 4.69) is 6.92 Å². The minimum atomic E-state index is -0.593. The molecule has 4 aliphatic rings. The molecule has 0 bridgehead atoms. The van der Waals surface area contributed by atoms with Crippen molar-refractivity contribution in [2.75, 3.05) is 0 Å². The number of hydrogen-bond donors (Lipinski definition) is 0. The fraction of sp³-hybridized carbons (Fsp3) is 0.690. The third kappa shape index (κ3) is 3.79. The molecule has 0 aromatic heterocycles. The van der Waals surface area contributed by atoms with Crippen LogP contribution in [0.1, 0.15) is 88.9 Å². The number of fused-ring (bicyclic) bond motifs is 5. The number of carbonyl (C=O) groups excluding carboxylic acids is 3. The summed E-state index contributed by atoms with van der Waals surface area (Å²) in [4.78, 5) is 37.3. The summed E-state index contributed by atoms with van der Waals surface area (Å²) in [5, 5.41) is 0. The molecular weight excluding hydrogens is 428 g/mol. The Morgan fingerprint density at radius 1 is 0.882 bits per heavy atom. The van der Waals surface area contributed by atoms with Crippen LogP contribution in [-0.2, 0) is 19.1 Å². The van der Waals surface area contributed by atoms with Gasteiger partial charge in [-0.1, -0.05) is 25.1 Å². The number of esters is 2. The van der Waals surface area contributed by atoms with Gasteiger partial charge in [-0.2, -0.15) is 0 Å². The molecule has 4 fully saturated rings. The zero-order chi connectivity index (χ0) is 24.1. The average molecular weight is 467 g/mol. The summed E-state index contributed by atoms with van der Waals surface area (Å²) < 4.78 is 12.0. The van der Waals surface area contributed by atoms with Crippen molar-refractivity contribution in [2.24, 2.45) is 35.0 Å². The third-order valence-electron chi connectivity index (χ3n) is 10.2. The van der Waals surface area contributed by atoms with Crippen LogP contribution in [-0.4, -0.2) is 29.4 Å². The molecule has 5 rings (SSSR count). The largest absolute Gasteiger partial charge is 0.459 e. The van der Waals surface area contributed by atoms with E-state index >= 15 is 0 Å². The molecule has 0 saturated heterocycles. The van der Waals surface area contributed by atoms with Crippen molar-refractivity contribution < 1.29 is 23.9 Å². The van der Waals surface area contributed by atoms with E-state index in [0.29, 0.717) is 23.3 Å². The SMILES string of the molecule is CC(=O)OC12CCC3C(CCC4CC(OC(=O)c5ccccc5)CCC43C)C1CCC2C(C)=O. The van der Waals surface area contributed by atoms with Crippen LogP contribution < -0.4 is 0 Å². The summed E-state index contributed by atoms with van der Waals surface area (Å²) in [6.07, 6.45) is 8.77. The van der Waals surface area contributed by atoms with E-state index in [1.807, 2.05) is 30.3 Å². The Labute approximate surface area is 203 Å². The van der Waals surface area contributed by atoms with E-state index in [1.54, 1.807) is 6.92 Å². The Morgan fingerprint density at radius 2 is 1.65 bits per heavy atom. The molecule has 0 amide bonds. The number of benzene rings is 1. The summed E-state index contributed by atoms with van der Waals surface area (Å²) in [6.45, 7) is 5.62. The molecule has 8 atom stereocenters. The topological polar surface area (TPSA) is 69.7 Å². The summed E-state index contributed by atoms with van der Waals surface area (Å²) >= 11 is 0. The van der Waals surface area contributed by atoms with Gasteiger partial charge in [0.25, 0.3) is 0 Å². The van der Waals surface area contributed by atoms with Gasteiger partial charge in [-0.3, -0.25) is 9.59 Å². The van der Waals surface area contributed by atoms with E-state index in [4.69, 9.17) is 9.47 Å². The normalized spacial score (nSPS) is 40.9. The van der Waals surface area contributed by atoms with E-state index in [-0.39, 0.29) is 41.1 Å². The molecule has 5 heteroatoms. The van der Waals surface area contributed by atoms with Crippen LogP contribution in [0.15, 0.2) is 30.3 Å². The quantitative estimate of drug-likeness (QED) is 0.528. The van der Waals surface area contributed by atoms with Crippen molar-refractivity contribution in [3.8, 4) is 0 Å². The Bertz CT molecular complexity index is 957. The van der Waals surface area contributed by atoms with E-state index < -0.39 is 5.60 Å². The van der Waals surface area contributed by atoms with Crippen molar-refractivity contribution in [1.82, 2.24) is 0 Å². The fourth-order valence-corrected chi connectivity index (χ4v) is 8.75. The Hall–Kier alpha value is -2.17. The number of ketones is 1. The Kier molecular flexibility index (Phi) is 6.10. The van der Waals surface area contributed by atoms with E-state index in [9.17, 15) is 14.4 Å². The Morgan fingerprint density at radius 3 is 2.35 bits per heavy atom. The zero-order valence-corrected chi connectivity index (χ0v) is 20.8. The molecule has 4 aliphatic carbocycles. The van der Waals surface area contributed by atoms with Gasteiger partial charge >= 0.3 is 11.9 Å². The molecule has 1 aromatic rings. The molecule has 184 valence electrons. The van der Waals surface area contributed by atoms with Gasteiger partial charge < -0.3 is 9.47 Å². The highest BCUT2D eigenvalue weighted by Crippen LogP contribution is 2.65. The van der Waals surface area contributed by atoms with Gasteiger partial charge in [0.15, 0.2) is 0 Å². The lowest BCUT2D eigenvalue weighted by atomic mass is 9.46. The summed E-state index contributed by atoms with van der Waals surface area (Å²) in [6, 6.07) is 9.27. The molecule has 5 nitrogen and oxygen atoms in total. The highest BCUT2D eigenvalue weighted by Gasteiger charge is 2.64. The molecule has 0 radical (unpaired) electrons. The third-order valence-corrected chi connectivity index (χ3v) is 10.2. The average Bonchev–Trinajstić information content (AvgIpc) is 3.18. The second-order valence-electron chi connectivity index (χ2n) is 11.7. The maximum absolute atomic E-state index is 12.6. The molecule has 4 saturated carbocycles. The predicted molar refractivity (Wildman–Crippen MR) is 128 cm³/mol. The molecule has 34 heavy (non-hydrogen) atoms. The van der Waals surface area contributed by atoms with Gasteiger partial charge in [0, 0.05) is 12.8 Å². The van der Waals surface area contributed by atoms with Crippen LogP contribution in [0, 0.1) is 35.0 Å². The standard InChI is InChI=1S/C29H38O5/c1-18(30)24-11-12-26-23-10-9-21-17-22(33-27(32)20-7-5-4-6-8-20)13-15-28(21,3)25(23)14-16-29(24,26)34-19(2)31/h4-8,21-26H,9-17H2,1-3H3. The molecule has 0 spiro atoms. The van der Waals surface area contributed by atoms with Crippen LogP contribution in [0.25, 0.3) is 0 Å². The zero-order valence-electron chi connectivity index (χ0n) is 20.8. The summed E-state index contributed by atoms with van der Waals surface area (Å²) in [7, 11) is 0. The van der Waals surface area contributed by atoms with Gasteiger partial charge in [-0.25, -0.2) is 4.79 Å². The van der Waals surface area contributed by atoms with Crippen LogP contribution in [0.4, 0.5) is 0 Å². The highest BCUT2D eigenvalue weighted by atomic mass is 16.6. The molecule has 0 N–H and O–H groups in total. The van der Waals surface area contributed by atoms with Crippen molar-refractivity contribution in [1.29, 1.82) is 0 Å². The second kappa shape index (κ2) is 8.80. The summed E-state index contributed by atoms with van der Waals surface area (Å²) in [5.41, 5.74) is 0.245. The maximum Gasteiger partial charge on any atom is 0.338 e. The molecule has 8 unspecified atom stereocenters. The first-order chi connectivity index (χ1) is 16.2. The van der Waals surface area contributed by atoms with Gasteiger partial charge in [0.1, 0.15) is 17.5 Å². The maximum atomic E-state index is 12.6. The molecular formula is C29H38O5. The van der Waals surface area contributed by atoms with Crippen LogP contribution in [0.2, 0.25) is 0 Å². The first-order valence-electron chi connectivity index (χ1n) is 13.2. The van der Waals surface area contributed by atoms with Crippen molar-refractivity contribution in [3.05, 3.63) is 35.9 Å². The van der Waals surface area contributed by atoms with Crippen molar-refractivity contribution in [2.45, 2.75) is 90.3 Å². The number of carbonyl (C=O) groups is 3. The molecule has 0 heterocycles. The first kappa shape index (κ1) is 23.6. The monoisotopic (exact) mass is 466 g/mol. The number of hydrogen-bond acceptors (Lipinski definition) is 5. The molecule has 1 aromatic carbocycles. The van der Waals surface area contributed by atoms with Crippen LogP contribution in [0.3, 0.4) is 0 Å². The Balaban J connectivity index is 1.32. The van der Waals surface area contributed by atoms with E-state index in [1.165, 1.54) is 6.92 Å². The summed E-state index contributed by atoms with van der Waals surface area (Å²) in [5.74, 6) is 1.46. The van der Waals surface area contributed by atoms with Crippen molar-refractivity contribution in [3.63, 3.8) is 0 Å². The minimum Gasteiger partial charge on any atom is -0.459 e. The smallest absolute Gasteiger partial charge is 0.338 e. The number of ether oxygens (including phenoxy) is 2. The number of rotatable bonds is 4. The lowest BCUT2D eigenvalue weighted by molar-refractivity contribution is -0.195. The van der Waals surface area contributed by atoms with Gasteiger partial charge in [0.05, 0.1) is 11.5 Å². The minimum absolute atomic E-state index is 0.0142. The van der Waals surface area contributed by atoms with Gasteiger partial charge in [-0.15, -0.1) is 0 Å². The lowest BCUT2D eigenvalue weighted by Crippen LogP contribution is -2.58. The fourth-order valence-electron chi connectivity index (χ4n) is 8.75. The van der Waals surface area contributed by atoms with Crippen LogP contribution >= 0.6 is 0 Å². The first-order valence-corrected chi connectivity index (χ1v) is 13.2. The van der Waals surface area contributed by atoms with Crippen LogP contribution in [0.5, 0.6) is 0 Å². The molecule has 0 aliphatic heterocycles. The lowest BCUT2D eigenvalue weighted by Gasteiger charge is -2.60. The van der Waals surface area contributed by atoms with Gasteiger partial charge in [-0.05, 0) is 100 Å². The highest BCUT2D eigenvalue weighted by molar-refractivity contribution is 5.89. The van der Waals surface area contributed by atoms with Crippen molar-refractivity contribution >= 4 is 17.7 Å². The second-order valence-corrected chi connectivity index (χ2v) is 11.7. The predicted octanol–water partition coefficient (Wildman–Crippen LogP) is 5.76.